The summed E-state index contributed by atoms with van der Waals surface area (Å²) in [7, 11) is -3.70. The van der Waals surface area contributed by atoms with Crippen molar-refractivity contribution in [2.75, 3.05) is 19.6 Å². The van der Waals surface area contributed by atoms with Gasteiger partial charge in [0.05, 0.1) is 10.0 Å². The average molecular weight is 356 g/mol. The Morgan fingerprint density at radius 3 is 2.45 bits per heavy atom. The molecule has 0 spiro atoms. The molecule has 8 heteroatoms. The largest absolute Gasteiger partial charge is 0.315 e. The van der Waals surface area contributed by atoms with E-state index in [0.717, 1.165) is 13.0 Å². The molecule has 0 aromatic heterocycles. The lowest BCUT2D eigenvalue weighted by atomic mass is 10.1. The van der Waals surface area contributed by atoms with Gasteiger partial charge >= 0.3 is 0 Å². The highest BCUT2D eigenvalue weighted by Gasteiger charge is 2.44. The molecule has 0 unspecified atom stereocenters. The van der Waals surface area contributed by atoms with Gasteiger partial charge in [-0.15, -0.1) is 0 Å². The minimum Gasteiger partial charge on any atom is -0.315 e. The van der Waals surface area contributed by atoms with Crippen molar-refractivity contribution in [3.8, 4) is 0 Å². The zero-order chi connectivity index (χ0) is 14.5. The number of nitrogens with zero attached hydrogens (tertiary/aromatic N) is 1. The minimum atomic E-state index is -3.70. The molecule has 2 saturated heterocycles. The average Bonchev–Trinajstić information content (AvgIpc) is 2.86. The van der Waals surface area contributed by atoms with Crippen LogP contribution in [0.15, 0.2) is 17.0 Å². The molecule has 2 atom stereocenters. The highest BCUT2D eigenvalue weighted by molar-refractivity contribution is 7.89. The Labute approximate surface area is 133 Å². The maximum absolute atomic E-state index is 12.8. The van der Waals surface area contributed by atoms with E-state index in [1.54, 1.807) is 0 Å². The molecular weight excluding hydrogens is 343 g/mol. The second-order valence-corrected chi connectivity index (χ2v) is 8.17. The second kappa shape index (κ2) is 5.30. The second-order valence-electron chi connectivity index (χ2n) is 5.09. The maximum atomic E-state index is 12.8. The number of sulfonamides is 1. The van der Waals surface area contributed by atoms with Crippen molar-refractivity contribution in [2.45, 2.75) is 17.4 Å². The predicted molar refractivity (Wildman–Crippen MR) is 80.1 cm³/mol. The summed E-state index contributed by atoms with van der Waals surface area (Å²) in [6, 6.07) is 2.80. The van der Waals surface area contributed by atoms with Crippen molar-refractivity contribution in [1.29, 1.82) is 0 Å². The van der Waals surface area contributed by atoms with Gasteiger partial charge in [-0.05, 0) is 31.0 Å². The zero-order valence-electron chi connectivity index (χ0n) is 10.4. The van der Waals surface area contributed by atoms with Crippen LogP contribution >= 0.6 is 34.8 Å². The van der Waals surface area contributed by atoms with Gasteiger partial charge in [-0.1, -0.05) is 34.8 Å². The molecule has 0 bridgehead atoms. The Hall–Kier alpha value is -0.0400. The summed E-state index contributed by atoms with van der Waals surface area (Å²) in [6.45, 7) is 2.04. The van der Waals surface area contributed by atoms with E-state index >= 15 is 0 Å². The summed E-state index contributed by atoms with van der Waals surface area (Å²) in [6.07, 6.45) is 0.861. The van der Waals surface area contributed by atoms with Gasteiger partial charge in [0.2, 0.25) is 10.0 Å². The van der Waals surface area contributed by atoms with Gasteiger partial charge in [0.1, 0.15) is 4.90 Å². The first-order valence-corrected chi connectivity index (χ1v) is 8.86. The first-order chi connectivity index (χ1) is 9.41. The lowest BCUT2D eigenvalue weighted by molar-refractivity contribution is 0.383. The van der Waals surface area contributed by atoms with Crippen molar-refractivity contribution in [2.24, 2.45) is 5.92 Å². The van der Waals surface area contributed by atoms with Crippen LogP contribution in [0, 0.1) is 5.92 Å². The Balaban J connectivity index is 2.05. The molecule has 0 amide bonds. The van der Waals surface area contributed by atoms with Crippen LogP contribution in [0.1, 0.15) is 6.42 Å². The van der Waals surface area contributed by atoms with Gasteiger partial charge in [-0.25, -0.2) is 8.42 Å². The van der Waals surface area contributed by atoms with Crippen molar-refractivity contribution in [1.82, 2.24) is 9.62 Å². The number of hydrogen-bond donors (Lipinski definition) is 1. The molecule has 1 aromatic carbocycles. The molecule has 110 valence electrons. The van der Waals surface area contributed by atoms with E-state index in [-0.39, 0.29) is 21.0 Å². The molecule has 2 aliphatic rings. The molecule has 20 heavy (non-hydrogen) atoms. The third-order valence-corrected chi connectivity index (χ3v) is 6.99. The van der Waals surface area contributed by atoms with Gasteiger partial charge in [0.25, 0.3) is 0 Å². The molecule has 1 N–H and O–H groups in total. The summed E-state index contributed by atoms with van der Waals surface area (Å²) in [5.41, 5.74) is 0. The molecule has 4 nitrogen and oxygen atoms in total. The number of nitrogens with one attached hydrogen (secondary N) is 1. The van der Waals surface area contributed by atoms with Gasteiger partial charge in [-0.2, -0.15) is 4.31 Å². The van der Waals surface area contributed by atoms with Crippen LogP contribution in [0.5, 0.6) is 0 Å². The first-order valence-electron chi connectivity index (χ1n) is 6.28. The highest BCUT2D eigenvalue weighted by atomic mass is 35.5. The van der Waals surface area contributed by atoms with E-state index < -0.39 is 10.0 Å². The Kier molecular flexibility index (Phi) is 3.95. The van der Waals surface area contributed by atoms with Crippen LogP contribution in [0.3, 0.4) is 0 Å². The standard InChI is InChI=1S/C12H13Cl3N2O2S/c13-8-3-9(14)12(10(15)4-8)20(18,19)17-2-1-7-5-16-6-11(7)17/h3-4,7,11,16H,1-2,5-6H2/t7-,11+/m0/s1. The summed E-state index contributed by atoms with van der Waals surface area (Å²) in [5, 5.41) is 3.68. The van der Waals surface area contributed by atoms with Gasteiger partial charge in [-0.3, -0.25) is 0 Å². The summed E-state index contributed by atoms with van der Waals surface area (Å²) < 4.78 is 27.1. The SMILES string of the molecule is O=S(=O)(c1c(Cl)cc(Cl)cc1Cl)N1CC[C@H]2CNC[C@H]21. The molecule has 0 radical (unpaired) electrons. The van der Waals surface area contributed by atoms with E-state index in [0.29, 0.717) is 24.0 Å². The highest BCUT2D eigenvalue weighted by Crippen LogP contribution is 2.38. The maximum Gasteiger partial charge on any atom is 0.246 e. The van der Waals surface area contributed by atoms with Crippen molar-refractivity contribution in [3.05, 3.63) is 27.2 Å². The zero-order valence-corrected chi connectivity index (χ0v) is 13.5. The lowest BCUT2D eigenvalue weighted by Crippen LogP contribution is -2.39. The van der Waals surface area contributed by atoms with Crippen LogP contribution in [0.25, 0.3) is 0 Å². The number of rotatable bonds is 2. The van der Waals surface area contributed by atoms with Gasteiger partial charge < -0.3 is 5.32 Å². The summed E-state index contributed by atoms with van der Waals surface area (Å²) in [5.74, 6) is 0.370. The molecule has 0 saturated carbocycles. The quantitative estimate of drug-likeness (QED) is 0.887. The molecule has 0 aliphatic carbocycles. The number of halogens is 3. The predicted octanol–water partition coefficient (Wildman–Crippen LogP) is 2.63. The van der Waals surface area contributed by atoms with Crippen molar-refractivity contribution < 1.29 is 8.42 Å². The van der Waals surface area contributed by atoms with Crippen LogP contribution in [-0.4, -0.2) is 38.4 Å². The molecule has 3 rings (SSSR count). The van der Waals surface area contributed by atoms with Crippen LogP contribution in [0.4, 0.5) is 0 Å². The number of fused-ring (bicyclic) bond motifs is 1. The van der Waals surface area contributed by atoms with Crippen molar-refractivity contribution in [3.63, 3.8) is 0 Å². The van der Waals surface area contributed by atoms with E-state index in [2.05, 4.69) is 5.32 Å². The fourth-order valence-electron chi connectivity index (χ4n) is 3.00. The first kappa shape index (κ1) is 14.9. The Morgan fingerprint density at radius 1 is 1.15 bits per heavy atom. The topological polar surface area (TPSA) is 49.4 Å². The molecule has 2 fully saturated rings. The smallest absolute Gasteiger partial charge is 0.246 e. The van der Waals surface area contributed by atoms with Crippen LogP contribution in [-0.2, 0) is 10.0 Å². The van der Waals surface area contributed by atoms with E-state index in [1.165, 1.54) is 16.4 Å². The van der Waals surface area contributed by atoms with Crippen LogP contribution in [0.2, 0.25) is 15.1 Å². The van der Waals surface area contributed by atoms with Gasteiger partial charge in [0, 0.05) is 24.2 Å². The number of benzene rings is 1. The van der Waals surface area contributed by atoms with Crippen LogP contribution < -0.4 is 5.32 Å². The normalized spacial score (nSPS) is 26.9. The van der Waals surface area contributed by atoms with Gasteiger partial charge in [0.15, 0.2) is 0 Å². The van der Waals surface area contributed by atoms with Crippen molar-refractivity contribution >= 4 is 44.8 Å². The van der Waals surface area contributed by atoms with E-state index in [9.17, 15) is 8.42 Å². The van der Waals surface area contributed by atoms with E-state index in [4.69, 9.17) is 34.8 Å². The molecule has 1 aromatic rings. The number of hydrogen-bond acceptors (Lipinski definition) is 3. The fourth-order valence-corrected chi connectivity index (χ4v) is 6.20. The lowest BCUT2D eigenvalue weighted by Gasteiger charge is -2.24. The summed E-state index contributed by atoms with van der Waals surface area (Å²) >= 11 is 17.9. The summed E-state index contributed by atoms with van der Waals surface area (Å²) in [4.78, 5) is -0.0437. The molecule has 2 aliphatic heterocycles. The minimum absolute atomic E-state index is 0.0113. The Bertz CT molecular complexity index is 627. The molecule has 2 heterocycles. The van der Waals surface area contributed by atoms with E-state index in [1.807, 2.05) is 0 Å². The Morgan fingerprint density at radius 2 is 1.80 bits per heavy atom. The third-order valence-electron chi connectivity index (χ3n) is 3.92. The fraction of sp³-hybridized carbons (Fsp3) is 0.500. The monoisotopic (exact) mass is 354 g/mol. The third kappa shape index (κ3) is 2.34. The molecular formula is C12H13Cl3N2O2S.